The molecule has 21 heavy (non-hydrogen) atoms. The summed E-state index contributed by atoms with van der Waals surface area (Å²) < 4.78 is 40.7. The molecule has 0 aromatic heterocycles. The number of hydrogen-bond donors (Lipinski definition) is 2. The van der Waals surface area contributed by atoms with Crippen molar-refractivity contribution in [3.63, 3.8) is 0 Å². The predicted octanol–water partition coefficient (Wildman–Crippen LogP) is 1.99. The van der Waals surface area contributed by atoms with E-state index in [9.17, 15) is 12.8 Å². The van der Waals surface area contributed by atoms with E-state index in [-0.39, 0.29) is 23.4 Å². The normalized spacial score (nSPS) is 20.6. The summed E-state index contributed by atoms with van der Waals surface area (Å²) in [5.41, 5.74) is 5.67. The molecule has 0 amide bonds. The van der Waals surface area contributed by atoms with Gasteiger partial charge in [0.15, 0.2) is 5.82 Å². The van der Waals surface area contributed by atoms with Crippen molar-refractivity contribution in [3.05, 3.63) is 23.0 Å². The number of benzene rings is 1. The van der Waals surface area contributed by atoms with Crippen LogP contribution in [-0.2, 0) is 10.0 Å². The van der Waals surface area contributed by atoms with Crippen molar-refractivity contribution in [1.82, 2.24) is 4.31 Å². The number of aliphatic hydroxyl groups is 1. The van der Waals surface area contributed by atoms with Crippen LogP contribution in [0.3, 0.4) is 0 Å². The fourth-order valence-corrected chi connectivity index (χ4v) is 4.76. The Morgan fingerprint density at radius 1 is 1.43 bits per heavy atom. The van der Waals surface area contributed by atoms with Crippen LogP contribution in [0.1, 0.15) is 25.7 Å². The molecule has 0 spiro atoms. The lowest BCUT2D eigenvalue weighted by Gasteiger charge is -2.34. The molecular formula is C13H18ClFN2O3S. The first-order valence-corrected chi connectivity index (χ1v) is 8.57. The van der Waals surface area contributed by atoms with Crippen LogP contribution in [0.4, 0.5) is 10.1 Å². The van der Waals surface area contributed by atoms with Crippen LogP contribution in [0.25, 0.3) is 0 Å². The zero-order valence-electron chi connectivity index (χ0n) is 11.4. The summed E-state index contributed by atoms with van der Waals surface area (Å²) >= 11 is 5.68. The minimum absolute atomic E-state index is 0.0932. The van der Waals surface area contributed by atoms with Gasteiger partial charge in [-0.25, -0.2) is 12.8 Å². The van der Waals surface area contributed by atoms with Gasteiger partial charge in [0, 0.05) is 24.9 Å². The van der Waals surface area contributed by atoms with Crippen molar-refractivity contribution in [2.45, 2.75) is 36.6 Å². The molecule has 1 atom stereocenters. The fraction of sp³-hybridized carbons (Fsp3) is 0.538. The second kappa shape index (κ2) is 6.48. The minimum atomic E-state index is -4.03. The highest BCUT2D eigenvalue weighted by atomic mass is 35.5. The van der Waals surface area contributed by atoms with E-state index in [2.05, 4.69) is 0 Å². The number of nitrogens with zero attached hydrogens (tertiary/aromatic N) is 1. The molecule has 3 N–H and O–H groups in total. The van der Waals surface area contributed by atoms with Gasteiger partial charge in [0.05, 0.1) is 5.02 Å². The molecule has 8 heteroatoms. The predicted molar refractivity (Wildman–Crippen MR) is 79.1 cm³/mol. The number of halogens is 2. The third-order valence-electron chi connectivity index (χ3n) is 3.64. The topological polar surface area (TPSA) is 83.6 Å². The third-order valence-corrected chi connectivity index (χ3v) is 5.87. The van der Waals surface area contributed by atoms with E-state index in [0.29, 0.717) is 25.8 Å². The summed E-state index contributed by atoms with van der Waals surface area (Å²) in [7, 11) is -4.03. The number of nitrogen functional groups attached to an aromatic ring is 1. The van der Waals surface area contributed by atoms with Gasteiger partial charge in [0.1, 0.15) is 4.90 Å². The Morgan fingerprint density at radius 3 is 2.81 bits per heavy atom. The summed E-state index contributed by atoms with van der Waals surface area (Å²) in [6.45, 7) is 0.190. The van der Waals surface area contributed by atoms with Gasteiger partial charge in [-0.3, -0.25) is 0 Å². The standard InChI is InChI=1S/C13H18ClFN2O3S/c14-11-7-9(16)8-12(13(11)15)21(19,20)17-5-2-1-3-10(17)4-6-18/h7-8,10,18H,1-6,16H2. The number of hydrogen-bond acceptors (Lipinski definition) is 4. The van der Waals surface area contributed by atoms with Crippen molar-refractivity contribution >= 4 is 27.3 Å². The SMILES string of the molecule is Nc1cc(Cl)c(F)c(S(=O)(=O)N2CCCCC2CCO)c1. The monoisotopic (exact) mass is 336 g/mol. The molecule has 1 saturated heterocycles. The average Bonchev–Trinajstić information content (AvgIpc) is 2.43. The summed E-state index contributed by atoms with van der Waals surface area (Å²) in [6.07, 6.45) is 2.57. The number of sulfonamides is 1. The highest BCUT2D eigenvalue weighted by molar-refractivity contribution is 7.89. The number of aliphatic hydroxyl groups excluding tert-OH is 1. The van der Waals surface area contributed by atoms with E-state index in [1.165, 1.54) is 10.4 Å². The lowest BCUT2D eigenvalue weighted by Crippen LogP contribution is -2.44. The second-order valence-electron chi connectivity index (χ2n) is 5.09. The maximum Gasteiger partial charge on any atom is 0.246 e. The minimum Gasteiger partial charge on any atom is -0.399 e. The lowest BCUT2D eigenvalue weighted by atomic mass is 10.0. The molecule has 1 fully saturated rings. The van der Waals surface area contributed by atoms with E-state index < -0.39 is 20.7 Å². The Labute approximate surface area is 128 Å². The van der Waals surface area contributed by atoms with Crippen LogP contribution in [0.15, 0.2) is 17.0 Å². The largest absolute Gasteiger partial charge is 0.399 e. The Kier molecular flexibility index (Phi) is 5.08. The molecule has 0 radical (unpaired) electrons. The van der Waals surface area contributed by atoms with E-state index in [1.54, 1.807) is 0 Å². The number of nitrogens with two attached hydrogens (primary N) is 1. The van der Waals surface area contributed by atoms with E-state index in [1.807, 2.05) is 0 Å². The fourth-order valence-electron chi connectivity index (χ4n) is 2.63. The van der Waals surface area contributed by atoms with Crippen molar-refractivity contribution in [1.29, 1.82) is 0 Å². The number of anilines is 1. The van der Waals surface area contributed by atoms with Gasteiger partial charge in [-0.15, -0.1) is 0 Å². The smallest absolute Gasteiger partial charge is 0.246 e. The Hall–Kier alpha value is -0.890. The maximum absolute atomic E-state index is 14.1. The molecule has 1 aliphatic rings. The maximum atomic E-state index is 14.1. The highest BCUT2D eigenvalue weighted by Crippen LogP contribution is 2.32. The quantitative estimate of drug-likeness (QED) is 0.824. The third kappa shape index (κ3) is 3.31. The average molecular weight is 337 g/mol. The lowest BCUT2D eigenvalue weighted by molar-refractivity contribution is 0.192. The van der Waals surface area contributed by atoms with Gasteiger partial charge in [-0.1, -0.05) is 18.0 Å². The highest BCUT2D eigenvalue weighted by Gasteiger charge is 2.35. The molecule has 2 rings (SSSR count). The molecule has 118 valence electrons. The van der Waals surface area contributed by atoms with E-state index >= 15 is 0 Å². The molecular weight excluding hydrogens is 319 g/mol. The van der Waals surface area contributed by atoms with Crippen molar-refractivity contribution in [2.24, 2.45) is 0 Å². The number of piperidine rings is 1. The van der Waals surface area contributed by atoms with Crippen LogP contribution in [0.2, 0.25) is 5.02 Å². The zero-order chi connectivity index (χ0) is 15.6. The van der Waals surface area contributed by atoms with Crippen LogP contribution in [-0.4, -0.2) is 37.0 Å². The summed E-state index contributed by atoms with van der Waals surface area (Å²) in [5.74, 6) is -0.987. The molecule has 1 unspecified atom stereocenters. The first-order valence-electron chi connectivity index (χ1n) is 6.75. The molecule has 0 bridgehead atoms. The first-order chi connectivity index (χ1) is 9.87. The summed E-state index contributed by atoms with van der Waals surface area (Å²) in [5, 5.41) is 8.76. The molecule has 1 aliphatic heterocycles. The van der Waals surface area contributed by atoms with Crippen LogP contribution >= 0.6 is 11.6 Å². The molecule has 1 heterocycles. The second-order valence-corrected chi connectivity index (χ2v) is 7.36. The Bertz CT molecular complexity index is 622. The van der Waals surface area contributed by atoms with Gasteiger partial charge in [0.2, 0.25) is 10.0 Å². The van der Waals surface area contributed by atoms with Gasteiger partial charge < -0.3 is 10.8 Å². The van der Waals surface area contributed by atoms with Crippen molar-refractivity contribution in [3.8, 4) is 0 Å². The van der Waals surface area contributed by atoms with Crippen LogP contribution in [0.5, 0.6) is 0 Å². The van der Waals surface area contributed by atoms with Crippen LogP contribution in [0, 0.1) is 5.82 Å². The number of rotatable bonds is 4. The summed E-state index contributed by atoms with van der Waals surface area (Å²) in [4.78, 5) is -0.502. The van der Waals surface area contributed by atoms with Crippen molar-refractivity contribution < 1.29 is 17.9 Å². The van der Waals surface area contributed by atoms with Gasteiger partial charge in [-0.2, -0.15) is 4.31 Å². The van der Waals surface area contributed by atoms with Gasteiger partial charge in [0.25, 0.3) is 0 Å². The first kappa shape index (κ1) is 16.5. The van der Waals surface area contributed by atoms with Crippen LogP contribution < -0.4 is 5.73 Å². The van der Waals surface area contributed by atoms with E-state index in [4.69, 9.17) is 22.4 Å². The molecule has 0 aliphatic carbocycles. The molecule has 5 nitrogen and oxygen atoms in total. The Morgan fingerprint density at radius 2 is 2.14 bits per heavy atom. The van der Waals surface area contributed by atoms with Gasteiger partial charge >= 0.3 is 0 Å². The molecule has 0 saturated carbocycles. The van der Waals surface area contributed by atoms with E-state index in [0.717, 1.165) is 12.5 Å². The zero-order valence-corrected chi connectivity index (χ0v) is 13.0. The van der Waals surface area contributed by atoms with Crippen molar-refractivity contribution in [2.75, 3.05) is 18.9 Å². The van der Waals surface area contributed by atoms with Gasteiger partial charge in [-0.05, 0) is 31.4 Å². The Balaban J connectivity index is 2.45. The summed E-state index contributed by atoms with van der Waals surface area (Å²) in [6, 6.07) is 1.94. The molecule has 1 aromatic rings. The molecule has 1 aromatic carbocycles.